The van der Waals surface area contributed by atoms with Crippen LogP contribution in [0.2, 0.25) is 5.02 Å². The summed E-state index contributed by atoms with van der Waals surface area (Å²) in [6.45, 7) is 1.86. The molecule has 1 aromatic carbocycles. The molecule has 19 heavy (non-hydrogen) atoms. The highest BCUT2D eigenvalue weighted by atomic mass is 35.5. The van der Waals surface area contributed by atoms with Gasteiger partial charge in [0.25, 0.3) is 0 Å². The van der Waals surface area contributed by atoms with Gasteiger partial charge >= 0.3 is 6.09 Å². The van der Waals surface area contributed by atoms with Gasteiger partial charge in [-0.1, -0.05) is 29.8 Å². The van der Waals surface area contributed by atoms with E-state index in [9.17, 15) is 4.79 Å². The lowest BCUT2D eigenvalue weighted by Gasteiger charge is -2.25. The fourth-order valence-corrected chi connectivity index (χ4v) is 2.89. The van der Waals surface area contributed by atoms with Gasteiger partial charge in [-0.15, -0.1) is 0 Å². The van der Waals surface area contributed by atoms with Crippen LogP contribution >= 0.6 is 11.6 Å². The van der Waals surface area contributed by atoms with E-state index in [2.05, 4.69) is 0 Å². The molecule has 0 radical (unpaired) electrons. The largest absolute Gasteiger partial charge is 0.442 e. The third-order valence-corrected chi connectivity index (χ3v) is 3.82. The van der Waals surface area contributed by atoms with E-state index in [4.69, 9.17) is 22.1 Å². The lowest BCUT2D eigenvalue weighted by molar-refractivity contribution is 0.130. The van der Waals surface area contributed by atoms with Crippen molar-refractivity contribution in [3.05, 3.63) is 40.4 Å². The molecule has 0 spiro atoms. The third kappa shape index (κ3) is 3.29. The summed E-state index contributed by atoms with van der Waals surface area (Å²) in [5.41, 5.74) is 8.48. The second kappa shape index (κ2) is 6.11. The second-order valence-electron chi connectivity index (χ2n) is 4.77. The number of benzene rings is 1. The molecule has 1 amide bonds. The summed E-state index contributed by atoms with van der Waals surface area (Å²) in [5.74, 6) is 0. The van der Waals surface area contributed by atoms with Crippen molar-refractivity contribution in [1.29, 1.82) is 0 Å². The number of amides is 1. The summed E-state index contributed by atoms with van der Waals surface area (Å²) in [4.78, 5) is 10.9. The lowest BCUT2D eigenvalue weighted by atomic mass is 9.85. The third-order valence-electron chi connectivity index (χ3n) is 3.49. The van der Waals surface area contributed by atoms with E-state index in [1.54, 1.807) is 0 Å². The summed E-state index contributed by atoms with van der Waals surface area (Å²) >= 11 is 6.27. The highest BCUT2D eigenvalue weighted by Crippen LogP contribution is 2.37. The number of halogens is 1. The Bertz CT molecular complexity index is 511. The number of primary amides is 1. The topological polar surface area (TPSA) is 52.3 Å². The minimum Gasteiger partial charge on any atom is -0.442 e. The number of ether oxygens (including phenoxy) is 1. The van der Waals surface area contributed by atoms with Crippen molar-refractivity contribution in [2.45, 2.75) is 38.7 Å². The van der Waals surface area contributed by atoms with Crippen LogP contribution in [0.15, 0.2) is 29.8 Å². The first-order valence-electron chi connectivity index (χ1n) is 6.52. The highest BCUT2D eigenvalue weighted by molar-refractivity contribution is 6.32. The maximum Gasteiger partial charge on any atom is 0.405 e. The van der Waals surface area contributed by atoms with Gasteiger partial charge in [0.05, 0.1) is 0 Å². The van der Waals surface area contributed by atoms with Crippen molar-refractivity contribution < 1.29 is 9.53 Å². The molecule has 0 aromatic heterocycles. The van der Waals surface area contributed by atoms with Gasteiger partial charge in [-0.25, -0.2) is 4.79 Å². The number of rotatable bonds is 3. The summed E-state index contributed by atoms with van der Waals surface area (Å²) in [5, 5.41) is 0.739. The Hall–Kier alpha value is -1.48. The van der Waals surface area contributed by atoms with Gasteiger partial charge in [-0.2, -0.15) is 0 Å². The van der Waals surface area contributed by atoms with Gasteiger partial charge < -0.3 is 10.5 Å². The summed E-state index contributed by atoms with van der Waals surface area (Å²) in [6.07, 6.45) is 3.11. The Kier molecular flexibility index (Phi) is 4.48. The maximum atomic E-state index is 10.9. The number of nitrogens with two attached hydrogens (primary N) is 1. The van der Waals surface area contributed by atoms with Crippen molar-refractivity contribution in [2.24, 2.45) is 5.73 Å². The van der Waals surface area contributed by atoms with Crippen molar-refractivity contribution in [2.75, 3.05) is 0 Å². The van der Waals surface area contributed by atoms with Gasteiger partial charge in [0.1, 0.15) is 6.10 Å². The Labute approximate surface area is 118 Å². The molecule has 2 rings (SSSR count). The second-order valence-corrected chi connectivity index (χ2v) is 5.18. The molecule has 1 aromatic rings. The van der Waals surface area contributed by atoms with Crippen LogP contribution in [0.4, 0.5) is 4.79 Å². The molecule has 0 bridgehead atoms. The molecule has 102 valence electrons. The molecule has 4 heteroatoms. The molecule has 0 saturated heterocycles. The first-order chi connectivity index (χ1) is 9.09. The van der Waals surface area contributed by atoms with E-state index in [0.717, 1.165) is 41.8 Å². The van der Waals surface area contributed by atoms with Crippen molar-refractivity contribution in [3.8, 4) is 0 Å². The molecule has 1 aliphatic carbocycles. The predicted molar refractivity (Wildman–Crippen MR) is 77.0 cm³/mol. The molecule has 1 atom stereocenters. The zero-order valence-corrected chi connectivity index (χ0v) is 11.7. The van der Waals surface area contributed by atoms with E-state index < -0.39 is 6.09 Å². The fourth-order valence-electron chi connectivity index (χ4n) is 2.64. The smallest absolute Gasteiger partial charge is 0.405 e. The monoisotopic (exact) mass is 279 g/mol. The highest BCUT2D eigenvalue weighted by Gasteiger charge is 2.22. The van der Waals surface area contributed by atoms with Crippen molar-refractivity contribution in [3.63, 3.8) is 0 Å². The lowest BCUT2D eigenvalue weighted by Crippen LogP contribution is -2.23. The average molecular weight is 280 g/mol. The normalized spacial score (nSPS) is 17.2. The zero-order valence-electron chi connectivity index (χ0n) is 11.0. The molecule has 0 unspecified atom stereocenters. The number of carbonyl (C=O) groups excluding carboxylic acids is 1. The number of allylic oxidation sites excluding steroid dienone is 1. The van der Waals surface area contributed by atoms with Crippen LogP contribution in [-0.4, -0.2) is 12.2 Å². The van der Waals surface area contributed by atoms with Crippen LogP contribution in [0.3, 0.4) is 0 Å². The van der Waals surface area contributed by atoms with Gasteiger partial charge in [-0.3, -0.25) is 0 Å². The molecule has 3 nitrogen and oxygen atoms in total. The summed E-state index contributed by atoms with van der Waals surface area (Å²) < 4.78 is 5.12. The molecular weight excluding hydrogens is 262 g/mol. The van der Waals surface area contributed by atoms with Gasteiger partial charge in [0.2, 0.25) is 0 Å². The van der Waals surface area contributed by atoms with Gasteiger partial charge in [-0.05, 0) is 55.4 Å². The molecular formula is C15H18ClNO2. The van der Waals surface area contributed by atoms with E-state index >= 15 is 0 Å². The molecule has 0 fully saturated rings. The minimum atomic E-state index is -0.732. The molecule has 1 aliphatic rings. The SMILES string of the molecule is C[C@@H](OC(N)=O)C1=C(c2ccccc2Cl)CCCC1. The minimum absolute atomic E-state index is 0.288. The predicted octanol–water partition coefficient (Wildman–Crippen LogP) is 4.15. The van der Waals surface area contributed by atoms with Gasteiger partial charge in [0.15, 0.2) is 0 Å². The Morgan fingerprint density at radius 2 is 2.00 bits per heavy atom. The standard InChI is InChI=1S/C15H18ClNO2/c1-10(19-15(17)18)11-6-2-3-7-12(11)13-8-4-5-9-14(13)16/h4-5,8-10H,2-3,6-7H2,1H3,(H2,17,18)/t10-/m1/s1. The van der Waals surface area contributed by atoms with Crippen LogP contribution < -0.4 is 5.73 Å². The van der Waals surface area contributed by atoms with E-state index in [-0.39, 0.29) is 6.10 Å². The number of carbonyl (C=O) groups is 1. The summed E-state index contributed by atoms with van der Waals surface area (Å²) in [6, 6.07) is 7.79. The van der Waals surface area contributed by atoms with Crippen molar-refractivity contribution >= 4 is 23.3 Å². The first-order valence-corrected chi connectivity index (χ1v) is 6.90. The van der Waals surface area contributed by atoms with Crippen LogP contribution in [0.5, 0.6) is 0 Å². The fraction of sp³-hybridized carbons (Fsp3) is 0.400. The van der Waals surface area contributed by atoms with E-state index in [1.165, 1.54) is 5.57 Å². The van der Waals surface area contributed by atoms with E-state index in [0.29, 0.717) is 0 Å². The first kappa shape index (κ1) is 13.9. The van der Waals surface area contributed by atoms with Crippen LogP contribution in [0.25, 0.3) is 5.57 Å². The Balaban J connectivity index is 2.39. The number of hydrogen-bond acceptors (Lipinski definition) is 2. The van der Waals surface area contributed by atoms with Crippen LogP contribution in [0, 0.1) is 0 Å². The van der Waals surface area contributed by atoms with Crippen LogP contribution in [0.1, 0.15) is 38.2 Å². The Morgan fingerprint density at radius 3 is 2.68 bits per heavy atom. The molecule has 0 heterocycles. The quantitative estimate of drug-likeness (QED) is 0.903. The van der Waals surface area contributed by atoms with Crippen LogP contribution in [-0.2, 0) is 4.74 Å². The van der Waals surface area contributed by atoms with Crippen molar-refractivity contribution in [1.82, 2.24) is 0 Å². The molecule has 0 saturated carbocycles. The zero-order chi connectivity index (χ0) is 13.8. The molecule has 2 N–H and O–H groups in total. The Morgan fingerprint density at radius 1 is 1.32 bits per heavy atom. The van der Waals surface area contributed by atoms with E-state index in [1.807, 2.05) is 31.2 Å². The average Bonchev–Trinajstić information content (AvgIpc) is 2.38. The summed E-state index contributed by atoms with van der Waals surface area (Å²) in [7, 11) is 0. The molecule has 0 aliphatic heterocycles. The van der Waals surface area contributed by atoms with Gasteiger partial charge in [0, 0.05) is 5.02 Å². The number of hydrogen-bond donors (Lipinski definition) is 1. The maximum absolute atomic E-state index is 10.9.